The molecule has 37 heavy (non-hydrogen) atoms. The van der Waals surface area contributed by atoms with Crippen LogP contribution in [-0.4, -0.2) is 73.0 Å². The smallest absolute Gasteiger partial charge is 0.339 e. The van der Waals surface area contributed by atoms with Crippen LogP contribution in [0.2, 0.25) is 0 Å². The molecule has 0 aromatic heterocycles. The van der Waals surface area contributed by atoms with Gasteiger partial charge in [0.2, 0.25) is 5.91 Å². The molecule has 2 aromatic carbocycles. The van der Waals surface area contributed by atoms with E-state index in [9.17, 15) is 32.9 Å². The van der Waals surface area contributed by atoms with Gasteiger partial charge in [0.15, 0.2) is 5.75 Å². The number of rotatable bonds is 7. The predicted molar refractivity (Wildman–Crippen MR) is 135 cm³/mol. The van der Waals surface area contributed by atoms with Crippen LogP contribution in [0.3, 0.4) is 0 Å². The van der Waals surface area contributed by atoms with Crippen molar-refractivity contribution in [3.63, 3.8) is 0 Å². The zero-order chi connectivity index (χ0) is 26.7. The number of morpholine rings is 1. The Morgan fingerprint density at radius 3 is 2.46 bits per heavy atom. The number of nitro benzene ring substituents is 1. The molecule has 4 rings (SSSR count). The number of halogens is 1. The summed E-state index contributed by atoms with van der Waals surface area (Å²) in [6.07, 6.45) is 1.45. The number of hydrogen-bond donors (Lipinski definition) is 0. The zero-order valence-electron chi connectivity index (χ0n) is 18.9. The van der Waals surface area contributed by atoms with E-state index in [1.165, 1.54) is 29.2 Å². The van der Waals surface area contributed by atoms with Crippen molar-refractivity contribution in [1.82, 2.24) is 9.80 Å². The molecule has 15 heteroatoms. The average molecular weight is 612 g/mol. The van der Waals surface area contributed by atoms with E-state index in [1.807, 2.05) is 0 Å². The molecule has 0 unspecified atom stereocenters. The van der Waals surface area contributed by atoms with Crippen LogP contribution in [0.1, 0.15) is 5.56 Å². The molecule has 2 aromatic rings. The van der Waals surface area contributed by atoms with E-state index >= 15 is 0 Å². The number of amides is 3. The van der Waals surface area contributed by atoms with Gasteiger partial charge in [-0.2, -0.15) is 8.42 Å². The molecule has 0 atom stereocenters. The van der Waals surface area contributed by atoms with Crippen LogP contribution >= 0.6 is 27.7 Å². The molecule has 12 nitrogen and oxygen atoms in total. The molecule has 0 N–H and O–H groups in total. The number of imide groups is 1. The number of benzene rings is 2. The molecule has 2 aliphatic rings. The first-order chi connectivity index (χ1) is 17.5. The number of nitro groups is 1. The molecular formula is C22H18BrN3O9S2. The van der Waals surface area contributed by atoms with E-state index in [-0.39, 0.29) is 38.2 Å². The van der Waals surface area contributed by atoms with Crippen LogP contribution in [0.4, 0.5) is 10.5 Å². The van der Waals surface area contributed by atoms with Gasteiger partial charge in [0.1, 0.15) is 11.4 Å². The second-order valence-electron chi connectivity index (χ2n) is 7.74. The van der Waals surface area contributed by atoms with E-state index in [0.29, 0.717) is 43.6 Å². The van der Waals surface area contributed by atoms with Gasteiger partial charge in [0.25, 0.3) is 16.8 Å². The van der Waals surface area contributed by atoms with Gasteiger partial charge in [-0.25, -0.2) is 0 Å². The van der Waals surface area contributed by atoms with Crippen molar-refractivity contribution in [3.05, 3.63) is 67.5 Å². The monoisotopic (exact) mass is 611 g/mol. The summed E-state index contributed by atoms with van der Waals surface area (Å²) in [4.78, 5) is 50.0. The maximum absolute atomic E-state index is 12.8. The van der Waals surface area contributed by atoms with Crippen LogP contribution in [0, 0.1) is 10.1 Å². The van der Waals surface area contributed by atoms with Crippen molar-refractivity contribution in [2.45, 2.75) is 4.90 Å². The van der Waals surface area contributed by atoms with Crippen molar-refractivity contribution < 1.29 is 36.6 Å². The van der Waals surface area contributed by atoms with Crippen molar-refractivity contribution in [2.24, 2.45) is 0 Å². The zero-order valence-corrected chi connectivity index (χ0v) is 22.1. The molecule has 194 valence electrons. The molecule has 3 amide bonds. The maximum Gasteiger partial charge on any atom is 0.339 e. The van der Waals surface area contributed by atoms with Gasteiger partial charge in [-0.15, -0.1) is 0 Å². The van der Waals surface area contributed by atoms with E-state index < -0.39 is 26.2 Å². The highest BCUT2D eigenvalue weighted by Crippen LogP contribution is 2.34. The summed E-state index contributed by atoms with van der Waals surface area (Å²) in [7, 11) is -4.28. The molecule has 2 aliphatic heterocycles. The minimum atomic E-state index is -4.28. The van der Waals surface area contributed by atoms with Gasteiger partial charge < -0.3 is 13.8 Å². The van der Waals surface area contributed by atoms with Crippen molar-refractivity contribution in [3.8, 4) is 5.75 Å². The summed E-state index contributed by atoms with van der Waals surface area (Å²) in [6.45, 7) is 1.23. The molecule has 2 saturated heterocycles. The first kappa shape index (κ1) is 26.8. The van der Waals surface area contributed by atoms with Gasteiger partial charge >= 0.3 is 10.1 Å². The normalized spacial score (nSPS) is 17.4. The minimum Gasteiger partial charge on any atom is -0.378 e. The second kappa shape index (κ2) is 11.0. The fourth-order valence-electron chi connectivity index (χ4n) is 3.41. The van der Waals surface area contributed by atoms with Gasteiger partial charge in [-0.05, 0) is 63.6 Å². The van der Waals surface area contributed by atoms with Crippen molar-refractivity contribution in [2.75, 3.05) is 32.8 Å². The summed E-state index contributed by atoms with van der Waals surface area (Å²) < 4.78 is 35.7. The lowest BCUT2D eigenvalue weighted by Gasteiger charge is -2.28. The van der Waals surface area contributed by atoms with Crippen LogP contribution in [0.15, 0.2) is 56.7 Å². The Bertz CT molecular complexity index is 1400. The standard InChI is InChI=1S/C22H18BrN3O9S2/c23-17-11-14(1-6-18(17)35-37(32,33)16-4-2-15(3-5-16)26(30)31)12-19-21(28)25(22(29)36-19)13-20(27)24-7-9-34-10-8-24/h1-6,11-12H,7-10,13H2/b19-12-. The summed E-state index contributed by atoms with van der Waals surface area (Å²) in [5.41, 5.74) is 0.205. The lowest BCUT2D eigenvalue weighted by molar-refractivity contribution is -0.384. The average Bonchev–Trinajstić information content (AvgIpc) is 3.13. The third-order valence-corrected chi connectivity index (χ3v) is 8.10. The van der Waals surface area contributed by atoms with E-state index in [0.717, 1.165) is 29.2 Å². The molecule has 0 bridgehead atoms. The Hall–Kier alpha value is -3.27. The van der Waals surface area contributed by atoms with Gasteiger partial charge in [-0.1, -0.05) is 6.07 Å². The molecule has 0 spiro atoms. The molecule has 2 heterocycles. The molecule has 2 fully saturated rings. The topological polar surface area (TPSA) is 153 Å². The number of non-ortho nitro benzene ring substituents is 1. The van der Waals surface area contributed by atoms with E-state index in [1.54, 1.807) is 0 Å². The number of carbonyl (C=O) groups excluding carboxylic acids is 3. The largest absolute Gasteiger partial charge is 0.378 e. The Morgan fingerprint density at radius 1 is 1.16 bits per heavy atom. The highest BCUT2D eigenvalue weighted by molar-refractivity contribution is 9.10. The van der Waals surface area contributed by atoms with E-state index in [4.69, 9.17) is 8.92 Å². The van der Waals surface area contributed by atoms with Crippen molar-refractivity contribution in [1.29, 1.82) is 0 Å². The third-order valence-electron chi connectivity index (χ3n) is 5.32. The number of hydrogen-bond acceptors (Lipinski definition) is 10. The quantitative estimate of drug-likeness (QED) is 0.197. The Labute approximate surface area is 223 Å². The molecule has 0 aliphatic carbocycles. The second-order valence-corrected chi connectivity index (χ2v) is 11.1. The minimum absolute atomic E-state index is 0.0558. The summed E-state index contributed by atoms with van der Waals surface area (Å²) in [5, 5.41) is 10.2. The highest BCUT2D eigenvalue weighted by atomic mass is 79.9. The summed E-state index contributed by atoms with van der Waals surface area (Å²) in [5.74, 6) is -1.00. The van der Waals surface area contributed by atoms with Gasteiger partial charge in [-0.3, -0.25) is 29.4 Å². The molecule has 0 saturated carbocycles. The first-order valence-electron chi connectivity index (χ1n) is 10.6. The van der Waals surface area contributed by atoms with Crippen LogP contribution < -0.4 is 4.18 Å². The van der Waals surface area contributed by atoms with Crippen molar-refractivity contribution >= 4 is 66.6 Å². The number of thioether (sulfide) groups is 1. The summed E-state index contributed by atoms with van der Waals surface area (Å²) in [6, 6.07) is 8.56. The SMILES string of the molecule is O=C(CN1C(=O)S/C(=C\c2ccc(OS(=O)(=O)c3ccc([N+](=O)[O-])cc3)c(Br)c2)C1=O)N1CCOCC1. The summed E-state index contributed by atoms with van der Waals surface area (Å²) >= 11 is 3.93. The molecular weight excluding hydrogens is 594 g/mol. The van der Waals surface area contributed by atoms with E-state index in [2.05, 4.69) is 15.9 Å². The van der Waals surface area contributed by atoms with Crippen LogP contribution in [0.5, 0.6) is 5.75 Å². The Morgan fingerprint density at radius 2 is 1.84 bits per heavy atom. The fourth-order valence-corrected chi connectivity index (χ4v) is 5.78. The maximum atomic E-state index is 12.8. The van der Waals surface area contributed by atoms with Gasteiger partial charge in [0, 0.05) is 25.2 Å². The lowest BCUT2D eigenvalue weighted by atomic mass is 10.2. The third kappa shape index (κ3) is 6.18. The predicted octanol–water partition coefficient (Wildman–Crippen LogP) is 3.02. The van der Waals surface area contributed by atoms with Gasteiger partial charge in [0.05, 0.1) is 27.5 Å². The Kier molecular flexibility index (Phi) is 7.96. The highest BCUT2D eigenvalue weighted by Gasteiger charge is 2.37. The van der Waals surface area contributed by atoms with Crippen LogP contribution in [-0.2, 0) is 24.4 Å². The van der Waals surface area contributed by atoms with Crippen LogP contribution in [0.25, 0.3) is 6.08 Å². The number of ether oxygens (including phenoxy) is 1. The lowest BCUT2D eigenvalue weighted by Crippen LogP contribution is -2.46. The number of carbonyl (C=O) groups is 3. The molecule has 0 radical (unpaired) electrons. The fraction of sp³-hybridized carbons (Fsp3) is 0.227. The number of nitrogens with zero attached hydrogens (tertiary/aromatic N) is 3. The Balaban J connectivity index is 1.46. The first-order valence-corrected chi connectivity index (χ1v) is 13.7.